The van der Waals surface area contributed by atoms with Gasteiger partial charge >= 0.3 is 6.18 Å². The highest BCUT2D eigenvalue weighted by Gasteiger charge is 2.35. The third-order valence-corrected chi connectivity index (χ3v) is 2.92. The highest BCUT2D eigenvalue weighted by Crippen LogP contribution is 2.37. The van der Waals surface area contributed by atoms with Crippen molar-refractivity contribution in [1.29, 1.82) is 0 Å². The van der Waals surface area contributed by atoms with Crippen LogP contribution in [0.25, 0.3) is 10.8 Å². The number of alkyl halides is 3. The molecule has 2 rings (SSSR count). The average Bonchev–Trinajstić information content (AvgIpc) is 2.35. The van der Waals surface area contributed by atoms with Crippen molar-refractivity contribution in [3.8, 4) is 5.75 Å². The monoisotopic (exact) mass is 288 g/mol. The molecule has 0 aliphatic carbocycles. The van der Waals surface area contributed by atoms with Crippen LogP contribution in [0.1, 0.15) is 15.9 Å². The van der Waals surface area contributed by atoms with Crippen LogP contribution in [0, 0.1) is 0 Å². The van der Waals surface area contributed by atoms with Crippen molar-refractivity contribution in [1.82, 2.24) is 0 Å². The van der Waals surface area contributed by atoms with Crippen molar-refractivity contribution < 1.29 is 22.7 Å². The number of benzene rings is 2. The van der Waals surface area contributed by atoms with Crippen molar-refractivity contribution in [2.24, 2.45) is 0 Å². The molecule has 0 aromatic heterocycles. The van der Waals surface area contributed by atoms with Crippen molar-refractivity contribution in [2.45, 2.75) is 6.18 Å². The number of hydrogen-bond acceptors (Lipinski definition) is 2. The highest BCUT2D eigenvalue weighted by atomic mass is 35.5. The van der Waals surface area contributed by atoms with Gasteiger partial charge in [0.05, 0.1) is 18.2 Å². The molecule has 0 saturated carbocycles. The van der Waals surface area contributed by atoms with Crippen molar-refractivity contribution >= 4 is 27.6 Å². The summed E-state index contributed by atoms with van der Waals surface area (Å²) in [4.78, 5) is 11.3. The van der Waals surface area contributed by atoms with Crippen LogP contribution in [0.2, 0.25) is 0 Å². The van der Waals surface area contributed by atoms with Gasteiger partial charge in [0.2, 0.25) is 0 Å². The molecule has 0 N–H and O–H groups in total. The minimum absolute atomic E-state index is 0.149. The summed E-state index contributed by atoms with van der Waals surface area (Å²) in [5, 5.41) is -0.532. The third-order valence-electron chi connectivity index (χ3n) is 2.73. The van der Waals surface area contributed by atoms with E-state index in [4.69, 9.17) is 16.3 Å². The molecule has 0 fully saturated rings. The van der Waals surface area contributed by atoms with E-state index in [0.29, 0.717) is 11.1 Å². The van der Waals surface area contributed by atoms with Gasteiger partial charge in [-0.15, -0.1) is 0 Å². The molecule has 0 spiro atoms. The lowest BCUT2D eigenvalue weighted by Gasteiger charge is -2.13. The van der Waals surface area contributed by atoms with E-state index < -0.39 is 22.5 Å². The number of methoxy groups -OCH3 is 1. The largest absolute Gasteiger partial charge is 0.497 e. The van der Waals surface area contributed by atoms with Crippen LogP contribution in [0.3, 0.4) is 0 Å². The molecule has 2 aromatic carbocycles. The molecule has 0 unspecified atom stereocenters. The number of hydrogen-bond donors (Lipinski definition) is 0. The van der Waals surface area contributed by atoms with Gasteiger partial charge in [-0.05, 0) is 46.6 Å². The summed E-state index contributed by atoms with van der Waals surface area (Å²) in [6, 6.07) is 6.53. The van der Waals surface area contributed by atoms with Gasteiger partial charge in [-0.3, -0.25) is 4.79 Å². The smallest absolute Gasteiger partial charge is 0.417 e. The Balaban J connectivity index is 2.82. The molecular weight excluding hydrogens is 281 g/mol. The maximum Gasteiger partial charge on any atom is 0.417 e. The third kappa shape index (κ3) is 2.51. The summed E-state index contributed by atoms with van der Waals surface area (Å²) in [5.41, 5.74) is -1.57. The van der Waals surface area contributed by atoms with Crippen LogP contribution in [-0.2, 0) is 6.18 Å². The molecular formula is C13H8ClF3O2. The molecule has 0 bridgehead atoms. The molecule has 0 radical (unpaired) electrons. The normalized spacial score (nSPS) is 11.6. The van der Waals surface area contributed by atoms with Gasteiger partial charge in [-0.25, -0.2) is 0 Å². The Hall–Kier alpha value is -1.75. The fourth-order valence-corrected chi connectivity index (χ4v) is 2.09. The lowest BCUT2D eigenvalue weighted by atomic mass is 9.99. The van der Waals surface area contributed by atoms with E-state index in [2.05, 4.69) is 0 Å². The topological polar surface area (TPSA) is 26.3 Å². The second kappa shape index (κ2) is 4.74. The number of rotatable bonds is 2. The van der Waals surface area contributed by atoms with E-state index in [1.54, 1.807) is 6.07 Å². The van der Waals surface area contributed by atoms with Gasteiger partial charge in [0.25, 0.3) is 5.24 Å². The van der Waals surface area contributed by atoms with E-state index in [0.717, 1.165) is 6.07 Å². The Labute approximate surface area is 111 Å². The quantitative estimate of drug-likeness (QED) is 0.772. The first-order chi connectivity index (χ1) is 8.84. The first-order valence-electron chi connectivity index (χ1n) is 5.22. The summed E-state index contributed by atoms with van der Waals surface area (Å²) in [5.74, 6) is 0.486. The standard InChI is InChI=1S/C13H8ClF3O2/c1-19-8-3-4-9-7(6-8)2-5-10(13(15,16)17)11(9)12(14)18/h2-6H,1H3. The number of ether oxygens (including phenoxy) is 1. The predicted molar refractivity (Wildman–Crippen MR) is 65.7 cm³/mol. The fourth-order valence-electron chi connectivity index (χ4n) is 1.88. The molecule has 0 heterocycles. The van der Waals surface area contributed by atoms with Crippen LogP contribution in [0.5, 0.6) is 5.75 Å². The second-order valence-corrected chi connectivity index (χ2v) is 4.19. The van der Waals surface area contributed by atoms with E-state index in [1.165, 1.54) is 25.3 Å². The molecule has 19 heavy (non-hydrogen) atoms. The summed E-state index contributed by atoms with van der Waals surface area (Å²) < 4.78 is 43.5. The summed E-state index contributed by atoms with van der Waals surface area (Å²) >= 11 is 5.30. The van der Waals surface area contributed by atoms with Crippen LogP contribution in [-0.4, -0.2) is 12.4 Å². The molecule has 100 valence electrons. The predicted octanol–water partition coefficient (Wildman–Crippen LogP) is 4.25. The van der Waals surface area contributed by atoms with Crippen LogP contribution in [0.15, 0.2) is 30.3 Å². The van der Waals surface area contributed by atoms with Gasteiger partial charge in [0.1, 0.15) is 5.75 Å². The first kappa shape index (κ1) is 13.7. The van der Waals surface area contributed by atoms with Crippen molar-refractivity contribution in [3.63, 3.8) is 0 Å². The number of fused-ring (bicyclic) bond motifs is 1. The zero-order valence-electron chi connectivity index (χ0n) is 9.72. The van der Waals surface area contributed by atoms with Crippen molar-refractivity contribution in [3.05, 3.63) is 41.5 Å². The maximum atomic E-state index is 12.8. The van der Waals surface area contributed by atoms with E-state index in [1.807, 2.05) is 0 Å². The summed E-state index contributed by atoms with van der Waals surface area (Å²) in [6.07, 6.45) is -4.63. The number of halogens is 4. The molecule has 6 heteroatoms. The van der Waals surface area contributed by atoms with Gasteiger partial charge in [0, 0.05) is 0 Å². The van der Waals surface area contributed by atoms with Gasteiger partial charge < -0.3 is 4.74 Å². The zero-order chi connectivity index (χ0) is 14.2. The Kier molecular flexibility index (Phi) is 3.41. The van der Waals surface area contributed by atoms with Gasteiger partial charge in [-0.2, -0.15) is 13.2 Å². The lowest BCUT2D eigenvalue weighted by molar-refractivity contribution is -0.137. The van der Waals surface area contributed by atoms with Gasteiger partial charge in [-0.1, -0.05) is 6.07 Å². The first-order valence-corrected chi connectivity index (χ1v) is 5.60. The highest BCUT2D eigenvalue weighted by molar-refractivity contribution is 6.68. The molecule has 0 aliphatic heterocycles. The van der Waals surface area contributed by atoms with E-state index >= 15 is 0 Å². The summed E-state index contributed by atoms with van der Waals surface area (Å²) in [7, 11) is 1.44. The average molecular weight is 289 g/mol. The number of carbonyl (C=O) groups excluding carboxylic acids is 1. The van der Waals surface area contributed by atoms with Crippen molar-refractivity contribution in [2.75, 3.05) is 7.11 Å². The van der Waals surface area contributed by atoms with Gasteiger partial charge in [0.15, 0.2) is 0 Å². The van der Waals surface area contributed by atoms with Crippen LogP contribution >= 0.6 is 11.6 Å². The maximum absolute atomic E-state index is 12.8. The molecule has 2 nitrogen and oxygen atoms in total. The van der Waals surface area contributed by atoms with Crippen LogP contribution in [0.4, 0.5) is 13.2 Å². The van der Waals surface area contributed by atoms with E-state index in [-0.39, 0.29) is 5.39 Å². The van der Waals surface area contributed by atoms with Crippen LogP contribution < -0.4 is 4.74 Å². The molecule has 0 aliphatic rings. The summed E-state index contributed by atoms with van der Waals surface area (Å²) in [6.45, 7) is 0. The second-order valence-electron chi connectivity index (χ2n) is 3.85. The molecule has 0 amide bonds. The lowest BCUT2D eigenvalue weighted by Crippen LogP contribution is -2.11. The number of carbonyl (C=O) groups is 1. The van der Waals surface area contributed by atoms with E-state index in [9.17, 15) is 18.0 Å². The Morgan fingerprint density at radius 3 is 2.42 bits per heavy atom. The molecule has 0 saturated heterocycles. The minimum atomic E-state index is -4.63. The molecule has 0 atom stereocenters. The molecule has 2 aromatic rings. The fraction of sp³-hybridized carbons (Fsp3) is 0.154. The SMILES string of the molecule is COc1ccc2c(C(=O)Cl)c(C(F)(F)F)ccc2c1. The Morgan fingerprint density at radius 2 is 1.89 bits per heavy atom. The Morgan fingerprint density at radius 1 is 1.21 bits per heavy atom. The Bertz CT molecular complexity index is 650. The minimum Gasteiger partial charge on any atom is -0.497 e. The zero-order valence-corrected chi connectivity index (χ0v) is 10.5.